The minimum Gasteiger partial charge on any atom is -0.394 e. The van der Waals surface area contributed by atoms with Crippen LogP contribution in [0.4, 0.5) is 0 Å². The Balaban J connectivity index is 2.28. The smallest absolute Gasteiger partial charge is 0.187 e. The van der Waals surface area contributed by atoms with Crippen molar-refractivity contribution in [3.8, 4) is 0 Å². The summed E-state index contributed by atoms with van der Waals surface area (Å²) in [6, 6.07) is 0. The van der Waals surface area contributed by atoms with Crippen LogP contribution in [0.3, 0.4) is 0 Å². The van der Waals surface area contributed by atoms with Gasteiger partial charge in [-0.05, 0) is 18.8 Å². The molecule has 12 nitrogen and oxygen atoms in total. The first-order valence-corrected chi connectivity index (χ1v) is 9.53. The Labute approximate surface area is 167 Å². The molecule has 0 aliphatic carbocycles. The normalized spacial score (nSPS) is 46.2. The van der Waals surface area contributed by atoms with Crippen molar-refractivity contribution in [2.24, 2.45) is 5.92 Å². The van der Waals surface area contributed by atoms with Crippen LogP contribution >= 0.6 is 0 Å². The van der Waals surface area contributed by atoms with Crippen LogP contribution in [0, 0.1) is 5.92 Å². The first-order chi connectivity index (χ1) is 13.6. The Morgan fingerprint density at radius 2 is 1.52 bits per heavy atom. The zero-order valence-electron chi connectivity index (χ0n) is 16.3. The fraction of sp³-hybridized carbons (Fsp3) is 1.00. The van der Waals surface area contributed by atoms with Gasteiger partial charge in [0.2, 0.25) is 0 Å². The van der Waals surface area contributed by atoms with Crippen molar-refractivity contribution in [3.63, 3.8) is 0 Å². The van der Waals surface area contributed by atoms with E-state index in [0.29, 0.717) is 6.42 Å². The molecule has 10 atom stereocenters. The Morgan fingerprint density at radius 3 is 2.03 bits per heavy atom. The number of hydrogen-bond donors (Lipinski definition) is 8. The van der Waals surface area contributed by atoms with Crippen molar-refractivity contribution >= 4 is 0 Å². The van der Waals surface area contributed by atoms with Gasteiger partial charge in [-0.25, -0.2) is 4.89 Å². The van der Waals surface area contributed by atoms with Crippen molar-refractivity contribution in [3.05, 3.63) is 0 Å². The van der Waals surface area contributed by atoms with E-state index in [1.807, 2.05) is 13.8 Å². The van der Waals surface area contributed by atoms with Crippen molar-refractivity contribution < 1.29 is 60.1 Å². The second-order valence-corrected chi connectivity index (χ2v) is 7.92. The van der Waals surface area contributed by atoms with Crippen LogP contribution in [0.5, 0.6) is 0 Å². The highest BCUT2D eigenvalue weighted by molar-refractivity contribution is 5.03. The maximum absolute atomic E-state index is 10.8. The van der Waals surface area contributed by atoms with Crippen molar-refractivity contribution in [1.82, 2.24) is 0 Å². The van der Waals surface area contributed by atoms with Gasteiger partial charge in [0.05, 0.1) is 13.2 Å². The van der Waals surface area contributed by atoms with Crippen LogP contribution in [0.15, 0.2) is 0 Å². The lowest BCUT2D eigenvalue weighted by Crippen LogP contribution is -2.70. The highest BCUT2D eigenvalue weighted by Gasteiger charge is 2.59. The van der Waals surface area contributed by atoms with Gasteiger partial charge < -0.3 is 50.0 Å². The summed E-state index contributed by atoms with van der Waals surface area (Å²) >= 11 is 0. The van der Waals surface area contributed by atoms with Crippen LogP contribution in [0.2, 0.25) is 0 Å². The molecule has 0 amide bonds. The molecule has 12 heteroatoms. The van der Waals surface area contributed by atoms with Gasteiger partial charge in [0.1, 0.15) is 42.7 Å². The van der Waals surface area contributed by atoms with E-state index in [4.69, 9.17) is 14.2 Å². The molecule has 0 aromatic rings. The highest BCUT2D eigenvalue weighted by atomic mass is 17.1. The first kappa shape index (κ1) is 24.8. The van der Waals surface area contributed by atoms with Gasteiger partial charge in [0.15, 0.2) is 18.2 Å². The topological polar surface area (TPSA) is 199 Å². The average Bonchev–Trinajstić information content (AvgIpc) is 2.70. The quantitative estimate of drug-likeness (QED) is 0.143. The molecule has 0 bridgehead atoms. The summed E-state index contributed by atoms with van der Waals surface area (Å²) in [7, 11) is 0. The third-order valence-corrected chi connectivity index (χ3v) is 5.51. The second-order valence-electron chi connectivity index (χ2n) is 7.92. The van der Waals surface area contributed by atoms with Crippen LogP contribution in [0.25, 0.3) is 0 Å². The zero-order chi connectivity index (χ0) is 21.9. The van der Waals surface area contributed by atoms with E-state index in [1.54, 1.807) is 0 Å². The molecule has 0 aromatic heterocycles. The summed E-state index contributed by atoms with van der Waals surface area (Å²) < 4.78 is 15.9. The first-order valence-electron chi connectivity index (χ1n) is 9.53. The van der Waals surface area contributed by atoms with Gasteiger partial charge in [0, 0.05) is 0 Å². The third-order valence-electron chi connectivity index (χ3n) is 5.51. The molecule has 0 aromatic carbocycles. The van der Waals surface area contributed by atoms with E-state index in [-0.39, 0.29) is 12.3 Å². The largest absolute Gasteiger partial charge is 0.394 e. The molecule has 0 saturated carbocycles. The predicted octanol–water partition coefficient (Wildman–Crippen LogP) is -3.09. The number of rotatable bonds is 8. The summed E-state index contributed by atoms with van der Waals surface area (Å²) in [5.41, 5.74) is -1.96. The molecule has 0 radical (unpaired) electrons. The lowest BCUT2D eigenvalue weighted by atomic mass is 9.79. The molecule has 172 valence electrons. The van der Waals surface area contributed by atoms with E-state index in [0.717, 1.165) is 0 Å². The van der Waals surface area contributed by atoms with E-state index in [1.165, 1.54) is 0 Å². The second kappa shape index (κ2) is 10.2. The van der Waals surface area contributed by atoms with Crippen LogP contribution < -0.4 is 0 Å². The van der Waals surface area contributed by atoms with Crippen LogP contribution in [0.1, 0.15) is 26.7 Å². The van der Waals surface area contributed by atoms with Gasteiger partial charge in [-0.1, -0.05) is 13.8 Å². The summed E-state index contributed by atoms with van der Waals surface area (Å²) in [4.78, 5) is 4.52. The van der Waals surface area contributed by atoms with E-state index >= 15 is 0 Å². The Bertz CT molecular complexity index is 505. The molecule has 2 aliphatic rings. The molecular formula is C17H32O12. The lowest BCUT2D eigenvalue weighted by Gasteiger charge is -2.50. The Hall–Kier alpha value is -0.480. The summed E-state index contributed by atoms with van der Waals surface area (Å²) in [6.07, 6.45) is -13.9. The SMILES string of the molecule is CC(C)CC[C@]1(OO)[C@H](O)[C@@H](CO)O[C@H](O[C@H]2[C@H](O)[C@@H](O)[C@H](O)O[C@@H]2CO)[C@@H]1O. The molecule has 8 N–H and O–H groups in total. The fourth-order valence-electron chi connectivity index (χ4n) is 3.64. The van der Waals surface area contributed by atoms with Crippen LogP contribution in [-0.2, 0) is 19.1 Å². The predicted molar refractivity (Wildman–Crippen MR) is 93.1 cm³/mol. The molecule has 0 unspecified atom stereocenters. The van der Waals surface area contributed by atoms with Crippen molar-refractivity contribution in [2.45, 2.75) is 87.6 Å². The minimum atomic E-state index is -1.96. The molecule has 2 fully saturated rings. The van der Waals surface area contributed by atoms with E-state index in [2.05, 4.69) is 4.89 Å². The summed E-state index contributed by atoms with van der Waals surface area (Å²) in [5.74, 6) is 0.125. The summed E-state index contributed by atoms with van der Waals surface area (Å²) in [6.45, 7) is 2.37. The van der Waals surface area contributed by atoms with Gasteiger partial charge in [-0.3, -0.25) is 5.26 Å². The molecule has 0 spiro atoms. The maximum atomic E-state index is 10.8. The van der Waals surface area contributed by atoms with Gasteiger partial charge >= 0.3 is 0 Å². The lowest BCUT2D eigenvalue weighted by molar-refractivity contribution is -0.431. The van der Waals surface area contributed by atoms with Gasteiger partial charge in [0.25, 0.3) is 0 Å². The molecular weight excluding hydrogens is 396 g/mol. The minimum absolute atomic E-state index is 0.0162. The Kier molecular flexibility index (Phi) is 8.73. The van der Waals surface area contributed by atoms with Gasteiger partial charge in [-0.2, -0.15) is 0 Å². The molecule has 2 rings (SSSR count). The monoisotopic (exact) mass is 428 g/mol. The Morgan fingerprint density at radius 1 is 0.897 bits per heavy atom. The maximum Gasteiger partial charge on any atom is 0.187 e. The van der Waals surface area contributed by atoms with E-state index < -0.39 is 74.1 Å². The number of ether oxygens (including phenoxy) is 3. The summed E-state index contributed by atoms with van der Waals surface area (Å²) in [5, 5.41) is 79.5. The van der Waals surface area contributed by atoms with Crippen molar-refractivity contribution in [2.75, 3.05) is 13.2 Å². The fourth-order valence-corrected chi connectivity index (χ4v) is 3.64. The zero-order valence-corrected chi connectivity index (χ0v) is 16.3. The number of aliphatic hydroxyl groups excluding tert-OH is 7. The average molecular weight is 428 g/mol. The number of aliphatic hydroxyl groups is 7. The third kappa shape index (κ3) is 4.89. The standard InChI is InChI=1S/C17H32O12/c1-7(2)3-4-17(29-25)13(22)9(6-19)27-16(14(17)23)28-12-8(5-18)26-15(24)11(21)10(12)20/h7-16,18-25H,3-6H2,1-2H3/t8-,9-,10-,11-,12-,13-,14+,15-,16-,17+/m1/s1. The van der Waals surface area contributed by atoms with Gasteiger partial charge in [-0.15, -0.1) is 0 Å². The molecule has 29 heavy (non-hydrogen) atoms. The number of hydrogen-bond acceptors (Lipinski definition) is 12. The van der Waals surface area contributed by atoms with E-state index in [9.17, 15) is 41.0 Å². The van der Waals surface area contributed by atoms with Crippen LogP contribution in [-0.4, -0.2) is 115 Å². The molecule has 2 aliphatic heterocycles. The highest BCUT2D eigenvalue weighted by Crippen LogP contribution is 2.39. The van der Waals surface area contributed by atoms with Crippen molar-refractivity contribution in [1.29, 1.82) is 0 Å². The molecule has 2 heterocycles. The molecule has 2 saturated heterocycles.